The normalized spacial score (nSPS) is 20.1. The number of carbonyl (C=O) groups excluding carboxylic acids is 1. The third-order valence-corrected chi connectivity index (χ3v) is 4.11. The predicted molar refractivity (Wildman–Crippen MR) is 75.3 cm³/mol. The Kier molecular flexibility index (Phi) is 3.38. The number of fused-ring (bicyclic) bond motifs is 1. The van der Waals surface area contributed by atoms with Crippen molar-refractivity contribution in [2.24, 2.45) is 0 Å². The zero-order valence-electron chi connectivity index (χ0n) is 11.0. The maximum Gasteiger partial charge on any atom is 0.141 e. The lowest BCUT2D eigenvalue weighted by atomic mass is 9.84. The summed E-state index contributed by atoms with van der Waals surface area (Å²) in [5, 5.41) is 10.4. The number of rotatable bonds is 3. The highest BCUT2D eigenvalue weighted by Crippen LogP contribution is 2.35. The van der Waals surface area contributed by atoms with Crippen molar-refractivity contribution in [3.8, 4) is 0 Å². The number of H-pyrrole nitrogens is 1. The number of carbonyl (C=O) groups is 1. The molecule has 1 aromatic carbocycles. The van der Waals surface area contributed by atoms with Gasteiger partial charge in [0.2, 0.25) is 0 Å². The second kappa shape index (κ2) is 5.17. The highest BCUT2D eigenvalue weighted by Gasteiger charge is 2.27. The summed E-state index contributed by atoms with van der Waals surface area (Å²) in [6, 6.07) is 8.10. The summed E-state index contributed by atoms with van der Waals surface area (Å²) in [5.74, 6) is 0.347. The highest BCUT2D eigenvalue weighted by molar-refractivity contribution is 5.91. The Morgan fingerprint density at radius 2 is 2.11 bits per heavy atom. The van der Waals surface area contributed by atoms with E-state index in [1.165, 1.54) is 0 Å². The molecule has 0 radical (unpaired) electrons. The van der Waals surface area contributed by atoms with Crippen LogP contribution in [0.5, 0.6) is 0 Å². The molecule has 1 aliphatic carbocycles. The van der Waals surface area contributed by atoms with E-state index in [4.69, 9.17) is 0 Å². The average molecular weight is 257 g/mol. The molecule has 1 aliphatic rings. The molecule has 1 aromatic heterocycles. The van der Waals surface area contributed by atoms with E-state index in [2.05, 4.69) is 11.1 Å². The molecule has 1 fully saturated rings. The number of benzene rings is 1. The summed E-state index contributed by atoms with van der Waals surface area (Å²) < 4.78 is 0. The third kappa shape index (κ3) is 2.19. The van der Waals surface area contributed by atoms with Gasteiger partial charge < -0.3 is 10.1 Å². The lowest BCUT2D eigenvalue weighted by Crippen LogP contribution is -2.18. The summed E-state index contributed by atoms with van der Waals surface area (Å²) in [4.78, 5) is 15.6. The van der Waals surface area contributed by atoms with Gasteiger partial charge in [-0.25, -0.2) is 0 Å². The molecule has 0 aliphatic heterocycles. The molecule has 0 amide bonds. The van der Waals surface area contributed by atoms with Crippen molar-refractivity contribution in [3.63, 3.8) is 0 Å². The first-order valence-corrected chi connectivity index (χ1v) is 7.04. The maximum absolute atomic E-state index is 12.1. The standard InChI is InChI=1S/C16H19NO2/c18-10-9-12-11-5-1-3-7-14(11)17-16(12)13-6-2-4-8-15(13)19/h1,3,5,7,13,17-18H,2,4,6,8-10H2. The van der Waals surface area contributed by atoms with Gasteiger partial charge in [-0.3, -0.25) is 4.79 Å². The summed E-state index contributed by atoms with van der Waals surface area (Å²) in [6.07, 6.45) is 4.38. The van der Waals surface area contributed by atoms with Gasteiger partial charge in [-0.15, -0.1) is 0 Å². The van der Waals surface area contributed by atoms with E-state index in [1.807, 2.05) is 18.2 Å². The van der Waals surface area contributed by atoms with Crippen molar-refractivity contribution in [3.05, 3.63) is 35.5 Å². The minimum absolute atomic E-state index is 0.00250. The molecule has 3 nitrogen and oxygen atoms in total. The number of hydrogen-bond donors (Lipinski definition) is 2. The van der Waals surface area contributed by atoms with Crippen molar-refractivity contribution < 1.29 is 9.90 Å². The van der Waals surface area contributed by atoms with Crippen LogP contribution in [0.15, 0.2) is 24.3 Å². The summed E-state index contributed by atoms with van der Waals surface area (Å²) in [6.45, 7) is 0.121. The zero-order valence-corrected chi connectivity index (χ0v) is 11.0. The van der Waals surface area contributed by atoms with Crippen LogP contribution >= 0.6 is 0 Å². The van der Waals surface area contributed by atoms with Gasteiger partial charge in [0.1, 0.15) is 5.78 Å². The largest absolute Gasteiger partial charge is 0.396 e. The number of hydrogen-bond acceptors (Lipinski definition) is 2. The smallest absolute Gasteiger partial charge is 0.141 e. The maximum atomic E-state index is 12.1. The zero-order chi connectivity index (χ0) is 13.2. The van der Waals surface area contributed by atoms with Crippen LogP contribution in [0.3, 0.4) is 0 Å². The first-order chi connectivity index (χ1) is 9.31. The SMILES string of the molecule is O=C1CCCCC1c1[nH]c2ccccc2c1CCO. The lowest BCUT2D eigenvalue weighted by molar-refractivity contribution is -0.121. The Bertz CT molecular complexity index is 600. The van der Waals surface area contributed by atoms with Gasteiger partial charge in [-0.05, 0) is 30.9 Å². The van der Waals surface area contributed by atoms with Crippen molar-refractivity contribution in [1.29, 1.82) is 0 Å². The van der Waals surface area contributed by atoms with Crippen LogP contribution in [-0.2, 0) is 11.2 Å². The molecule has 1 unspecified atom stereocenters. The van der Waals surface area contributed by atoms with Crippen molar-refractivity contribution in [2.45, 2.75) is 38.0 Å². The van der Waals surface area contributed by atoms with E-state index in [0.29, 0.717) is 18.6 Å². The summed E-state index contributed by atoms with van der Waals surface area (Å²) in [7, 11) is 0. The molecule has 2 N–H and O–H groups in total. The Morgan fingerprint density at radius 3 is 2.89 bits per heavy atom. The van der Waals surface area contributed by atoms with Crippen LogP contribution in [0.2, 0.25) is 0 Å². The Morgan fingerprint density at radius 1 is 1.26 bits per heavy atom. The van der Waals surface area contributed by atoms with Gasteiger partial charge in [0.05, 0.1) is 5.92 Å². The van der Waals surface area contributed by atoms with Gasteiger partial charge in [0.15, 0.2) is 0 Å². The topological polar surface area (TPSA) is 53.1 Å². The number of aromatic amines is 1. The number of aliphatic hydroxyl groups excluding tert-OH is 1. The fourth-order valence-corrected chi connectivity index (χ4v) is 3.19. The number of aliphatic hydroxyl groups is 1. The molecule has 0 saturated heterocycles. The molecule has 2 aromatic rings. The average Bonchev–Trinajstić information content (AvgIpc) is 2.79. The molecule has 0 bridgehead atoms. The summed E-state index contributed by atoms with van der Waals surface area (Å²) >= 11 is 0. The van der Waals surface area contributed by atoms with Gasteiger partial charge >= 0.3 is 0 Å². The van der Waals surface area contributed by atoms with E-state index < -0.39 is 0 Å². The fourth-order valence-electron chi connectivity index (χ4n) is 3.19. The van der Waals surface area contributed by atoms with Crippen molar-refractivity contribution in [2.75, 3.05) is 6.61 Å². The van der Waals surface area contributed by atoms with Crippen molar-refractivity contribution >= 4 is 16.7 Å². The van der Waals surface area contributed by atoms with Crippen LogP contribution in [0, 0.1) is 0 Å². The molecule has 3 heteroatoms. The Hall–Kier alpha value is -1.61. The van der Waals surface area contributed by atoms with Crippen LogP contribution in [-0.4, -0.2) is 22.5 Å². The van der Waals surface area contributed by atoms with E-state index in [1.54, 1.807) is 0 Å². The lowest BCUT2D eigenvalue weighted by Gasteiger charge is -2.21. The quantitative estimate of drug-likeness (QED) is 0.888. The van der Waals surface area contributed by atoms with E-state index in [0.717, 1.165) is 41.4 Å². The van der Waals surface area contributed by atoms with Gasteiger partial charge in [0.25, 0.3) is 0 Å². The number of para-hydroxylation sites is 1. The van der Waals surface area contributed by atoms with Gasteiger partial charge in [-0.2, -0.15) is 0 Å². The molecular formula is C16H19NO2. The molecule has 100 valence electrons. The number of nitrogens with one attached hydrogen (secondary N) is 1. The third-order valence-electron chi connectivity index (χ3n) is 4.11. The molecule has 1 saturated carbocycles. The number of aromatic nitrogens is 1. The van der Waals surface area contributed by atoms with Crippen LogP contribution in [0.4, 0.5) is 0 Å². The Labute approximate surface area is 112 Å². The van der Waals surface area contributed by atoms with E-state index in [-0.39, 0.29) is 12.5 Å². The van der Waals surface area contributed by atoms with Crippen LogP contribution < -0.4 is 0 Å². The monoisotopic (exact) mass is 257 g/mol. The second-order valence-electron chi connectivity index (χ2n) is 5.30. The van der Waals surface area contributed by atoms with Crippen molar-refractivity contribution in [1.82, 2.24) is 4.98 Å². The van der Waals surface area contributed by atoms with Gasteiger partial charge in [0, 0.05) is 29.6 Å². The number of ketones is 1. The second-order valence-corrected chi connectivity index (χ2v) is 5.30. The van der Waals surface area contributed by atoms with E-state index >= 15 is 0 Å². The van der Waals surface area contributed by atoms with Crippen LogP contribution in [0.1, 0.15) is 42.9 Å². The molecule has 1 atom stereocenters. The molecule has 19 heavy (non-hydrogen) atoms. The predicted octanol–water partition coefficient (Wildman–Crippen LogP) is 2.93. The minimum atomic E-state index is 0.00250. The first kappa shape index (κ1) is 12.4. The van der Waals surface area contributed by atoms with Gasteiger partial charge in [-0.1, -0.05) is 24.6 Å². The first-order valence-electron chi connectivity index (χ1n) is 7.04. The molecule has 0 spiro atoms. The fraction of sp³-hybridized carbons (Fsp3) is 0.438. The van der Waals surface area contributed by atoms with Crippen LogP contribution in [0.25, 0.3) is 10.9 Å². The summed E-state index contributed by atoms with van der Waals surface area (Å²) in [5.41, 5.74) is 3.23. The van der Waals surface area contributed by atoms with E-state index in [9.17, 15) is 9.90 Å². The number of Topliss-reactive ketones (excluding diaryl/α,β-unsaturated/α-hetero) is 1. The highest BCUT2D eigenvalue weighted by atomic mass is 16.3. The minimum Gasteiger partial charge on any atom is -0.396 e. The molecule has 3 rings (SSSR count). The molecular weight excluding hydrogens is 238 g/mol. The Balaban J connectivity index is 2.10. The molecule has 1 heterocycles.